The third kappa shape index (κ3) is 2.44. The minimum Gasteiger partial charge on any atom is -0.508 e. The maximum absolute atomic E-state index is 12.2. The summed E-state index contributed by atoms with van der Waals surface area (Å²) >= 11 is 0. The Bertz CT molecular complexity index is 696. The van der Waals surface area contributed by atoms with E-state index in [1.165, 1.54) is 18.0 Å². The Kier molecular flexibility index (Phi) is 3.75. The number of hydrogen-bond acceptors (Lipinski definition) is 5. The summed E-state index contributed by atoms with van der Waals surface area (Å²) < 4.78 is 11.0. The highest BCUT2D eigenvalue weighted by molar-refractivity contribution is 5.90. The second-order valence-electron chi connectivity index (χ2n) is 5.78. The number of aromatic hydroxyl groups is 1. The number of carbonyl (C=O) groups is 2. The zero-order valence-corrected chi connectivity index (χ0v) is 13.3. The van der Waals surface area contributed by atoms with E-state index in [4.69, 9.17) is 9.47 Å². The number of amides is 1. The molecule has 0 bridgehead atoms. The van der Waals surface area contributed by atoms with Crippen molar-refractivity contribution in [1.29, 1.82) is 0 Å². The Balaban J connectivity index is 2.07. The van der Waals surface area contributed by atoms with Gasteiger partial charge < -0.3 is 14.6 Å². The molecular weight excluding hydrogens is 298 g/mol. The Morgan fingerprint density at radius 1 is 1.39 bits per heavy atom. The van der Waals surface area contributed by atoms with Gasteiger partial charge in [0.1, 0.15) is 11.5 Å². The van der Waals surface area contributed by atoms with E-state index in [0.29, 0.717) is 11.3 Å². The third-order valence-corrected chi connectivity index (χ3v) is 4.36. The van der Waals surface area contributed by atoms with Crippen molar-refractivity contribution in [3.05, 3.63) is 35.5 Å². The lowest BCUT2D eigenvalue weighted by molar-refractivity contribution is -0.141. The molecule has 23 heavy (non-hydrogen) atoms. The van der Waals surface area contributed by atoms with Gasteiger partial charge in [-0.1, -0.05) is 6.92 Å². The fourth-order valence-electron chi connectivity index (χ4n) is 3.26. The molecule has 0 aromatic heterocycles. The van der Waals surface area contributed by atoms with Crippen molar-refractivity contribution in [3.63, 3.8) is 0 Å². The molecular formula is C17H19NO5. The van der Waals surface area contributed by atoms with Gasteiger partial charge in [-0.3, -0.25) is 9.69 Å². The van der Waals surface area contributed by atoms with Crippen molar-refractivity contribution in [2.24, 2.45) is 5.92 Å². The van der Waals surface area contributed by atoms with Crippen molar-refractivity contribution < 1.29 is 24.2 Å². The van der Waals surface area contributed by atoms with Gasteiger partial charge in [-0.05, 0) is 25.1 Å². The Morgan fingerprint density at radius 3 is 2.78 bits per heavy atom. The fourth-order valence-corrected chi connectivity index (χ4v) is 3.26. The van der Waals surface area contributed by atoms with Crippen LogP contribution in [-0.4, -0.2) is 34.7 Å². The predicted octanol–water partition coefficient (Wildman–Crippen LogP) is 2.14. The number of phenols is 1. The summed E-state index contributed by atoms with van der Waals surface area (Å²) in [4.78, 5) is 25.6. The summed E-state index contributed by atoms with van der Waals surface area (Å²) in [5.41, 5.74) is 1.23. The Labute approximate surface area is 134 Å². The van der Waals surface area contributed by atoms with Crippen LogP contribution in [-0.2, 0) is 14.3 Å². The van der Waals surface area contributed by atoms with E-state index in [-0.39, 0.29) is 30.1 Å². The molecule has 3 rings (SSSR count). The first-order valence-corrected chi connectivity index (χ1v) is 7.61. The number of hydrogen-bond donors (Lipinski definition) is 1. The normalized spacial score (nSPS) is 25.1. The molecule has 0 radical (unpaired) electrons. The highest BCUT2D eigenvalue weighted by Gasteiger charge is 2.47. The zero-order valence-electron chi connectivity index (χ0n) is 13.3. The Hall–Kier alpha value is -2.50. The smallest absolute Gasteiger partial charge is 0.335 e. The molecule has 0 spiro atoms. The summed E-state index contributed by atoms with van der Waals surface area (Å²) in [5.74, 6) is -0.330. The number of ether oxygens (including phenoxy) is 2. The van der Waals surface area contributed by atoms with Gasteiger partial charge in [0.2, 0.25) is 5.91 Å². The van der Waals surface area contributed by atoms with E-state index in [0.717, 1.165) is 5.56 Å². The van der Waals surface area contributed by atoms with Gasteiger partial charge in [0.05, 0.1) is 18.1 Å². The van der Waals surface area contributed by atoms with Crippen LogP contribution in [0.2, 0.25) is 0 Å². The lowest BCUT2D eigenvalue weighted by Gasteiger charge is -2.37. The maximum Gasteiger partial charge on any atom is 0.335 e. The van der Waals surface area contributed by atoms with Crippen LogP contribution >= 0.6 is 0 Å². The minimum atomic E-state index is -0.516. The number of rotatable bonds is 2. The van der Waals surface area contributed by atoms with Crippen LogP contribution in [0.25, 0.3) is 0 Å². The van der Waals surface area contributed by atoms with Gasteiger partial charge >= 0.3 is 5.97 Å². The number of benzene rings is 1. The van der Waals surface area contributed by atoms with E-state index in [1.54, 1.807) is 25.1 Å². The summed E-state index contributed by atoms with van der Waals surface area (Å²) in [6, 6.07) is 4.85. The van der Waals surface area contributed by atoms with Crippen LogP contribution in [0.1, 0.15) is 32.3 Å². The molecule has 0 fully saturated rings. The van der Waals surface area contributed by atoms with Crippen molar-refractivity contribution in [1.82, 2.24) is 4.90 Å². The molecule has 1 amide bonds. The monoisotopic (exact) mass is 317 g/mol. The first kappa shape index (κ1) is 15.4. The summed E-state index contributed by atoms with van der Waals surface area (Å²) in [6.07, 6.45) is 1.01. The number of nitrogens with zero attached hydrogens (tertiary/aromatic N) is 1. The van der Waals surface area contributed by atoms with Crippen LogP contribution in [0.3, 0.4) is 0 Å². The molecule has 2 aliphatic rings. The topological polar surface area (TPSA) is 76.1 Å². The number of fused-ring (bicyclic) bond motifs is 3. The van der Waals surface area contributed by atoms with Crippen LogP contribution in [0.15, 0.2) is 30.0 Å². The highest BCUT2D eigenvalue weighted by atomic mass is 16.5. The standard InChI is InChI=1S/C17H19NO5/c1-4-22-17(21)13-8-18(10(3)19)16-15(9(13)2)12-7-11(20)5-6-14(12)23-16/h5-9,15-16,20H,4H2,1-3H3/t9-,15+,16+/m0/s1. The molecule has 0 unspecified atom stereocenters. The van der Waals surface area contributed by atoms with Crippen molar-refractivity contribution >= 4 is 11.9 Å². The molecule has 122 valence electrons. The van der Waals surface area contributed by atoms with Gasteiger partial charge in [-0.2, -0.15) is 0 Å². The summed E-state index contributed by atoms with van der Waals surface area (Å²) in [5, 5.41) is 9.76. The molecule has 0 aliphatic carbocycles. The van der Waals surface area contributed by atoms with E-state index in [2.05, 4.69) is 0 Å². The van der Waals surface area contributed by atoms with Crippen molar-refractivity contribution in [2.45, 2.75) is 32.9 Å². The SMILES string of the molecule is CCOC(=O)C1=CN(C(C)=O)[C@@H]2Oc3ccc(O)cc3[C@H]2[C@H]1C. The van der Waals surface area contributed by atoms with Gasteiger partial charge in [0, 0.05) is 24.6 Å². The minimum absolute atomic E-state index is 0.127. The van der Waals surface area contributed by atoms with E-state index < -0.39 is 12.2 Å². The Morgan fingerprint density at radius 2 is 2.13 bits per heavy atom. The van der Waals surface area contributed by atoms with Gasteiger partial charge in [-0.15, -0.1) is 0 Å². The highest BCUT2D eigenvalue weighted by Crippen LogP contribution is 2.49. The van der Waals surface area contributed by atoms with Crippen LogP contribution in [0.5, 0.6) is 11.5 Å². The average Bonchev–Trinajstić information content (AvgIpc) is 2.86. The van der Waals surface area contributed by atoms with E-state index in [9.17, 15) is 14.7 Å². The van der Waals surface area contributed by atoms with Crippen LogP contribution < -0.4 is 4.74 Å². The largest absolute Gasteiger partial charge is 0.508 e. The van der Waals surface area contributed by atoms with Crippen molar-refractivity contribution in [2.75, 3.05) is 6.61 Å². The summed E-state index contributed by atoms with van der Waals surface area (Å²) in [6.45, 7) is 5.34. The lowest BCUT2D eigenvalue weighted by atomic mass is 9.79. The molecule has 3 atom stereocenters. The quantitative estimate of drug-likeness (QED) is 0.846. The third-order valence-electron chi connectivity index (χ3n) is 4.36. The second kappa shape index (κ2) is 5.61. The van der Waals surface area contributed by atoms with E-state index in [1.807, 2.05) is 6.92 Å². The molecule has 2 aliphatic heterocycles. The molecule has 2 heterocycles. The number of phenolic OH excluding ortho intramolecular Hbond substituents is 1. The average molecular weight is 317 g/mol. The molecule has 6 nitrogen and oxygen atoms in total. The fraction of sp³-hybridized carbons (Fsp3) is 0.412. The van der Waals surface area contributed by atoms with Gasteiger partial charge in [0.15, 0.2) is 6.23 Å². The molecule has 1 aromatic carbocycles. The van der Waals surface area contributed by atoms with Gasteiger partial charge in [-0.25, -0.2) is 4.79 Å². The molecule has 1 N–H and O–H groups in total. The number of esters is 1. The van der Waals surface area contributed by atoms with Gasteiger partial charge in [0.25, 0.3) is 0 Å². The predicted molar refractivity (Wildman–Crippen MR) is 81.7 cm³/mol. The zero-order chi connectivity index (χ0) is 16.7. The lowest BCUT2D eigenvalue weighted by Crippen LogP contribution is -2.46. The molecule has 6 heteroatoms. The molecule has 0 saturated carbocycles. The van der Waals surface area contributed by atoms with E-state index >= 15 is 0 Å². The first-order chi connectivity index (χ1) is 10.9. The molecule has 1 aromatic rings. The summed E-state index contributed by atoms with van der Waals surface area (Å²) in [7, 11) is 0. The van der Waals surface area contributed by atoms with Crippen LogP contribution in [0, 0.1) is 5.92 Å². The first-order valence-electron chi connectivity index (χ1n) is 7.61. The maximum atomic E-state index is 12.2. The van der Waals surface area contributed by atoms with Crippen molar-refractivity contribution in [3.8, 4) is 11.5 Å². The number of carbonyl (C=O) groups excluding carboxylic acids is 2. The van der Waals surface area contributed by atoms with Crippen LogP contribution in [0.4, 0.5) is 0 Å². The molecule has 0 saturated heterocycles. The second-order valence-corrected chi connectivity index (χ2v) is 5.78.